The van der Waals surface area contributed by atoms with Gasteiger partial charge in [0.15, 0.2) is 0 Å². The zero-order valence-electron chi connectivity index (χ0n) is 10.3. The number of carbonyl (C=O) groups excluding carboxylic acids is 1. The van der Waals surface area contributed by atoms with E-state index in [0.29, 0.717) is 17.2 Å². The summed E-state index contributed by atoms with van der Waals surface area (Å²) in [5, 5.41) is 2.83. The topological polar surface area (TPSA) is 64.3 Å². The molecule has 1 rings (SSSR count). The molecule has 0 heterocycles. The van der Waals surface area contributed by atoms with Crippen LogP contribution in [0.15, 0.2) is 23.1 Å². The molecule has 0 aliphatic carbocycles. The first kappa shape index (κ1) is 13.7. The summed E-state index contributed by atoms with van der Waals surface area (Å²) in [4.78, 5) is 12.4. The number of hydrogen-bond acceptors (Lipinski definition) is 4. The number of nitrogen functional groups attached to an aromatic ring is 1. The van der Waals surface area contributed by atoms with Crippen molar-refractivity contribution in [3.8, 4) is 5.75 Å². The molecule has 1 aromatic carbocycles. The number of methoxy groups -OCH3 is 1. The molecule has 0 unspecified atom stereocenters. The number of ether oxygens (including phenoxy) is 1. The average molecular weight is 254 g/mol. The highest BCUT2D eigenvalue weighted by Crippen LogP contribution is 2.32. The standard InChI is InChI=1S/C12H18N2O2S/c1-8(2)14-11(15)7-17-10-6-4-5-9(16-3)12(10)13/h4-6,8H,7,13H2,1-3H3,(H,14,15). The maximum atomic E-state index is 11.5. The lowest BCUT2D eigenvalue weighted by atomic mass is 10.3. The van der Waals surface area contributed by atoms with Crippen molar-refractivity contribution in [3.63, 3.8) is 0 Å². The van der Waals surface area contributed by atoms with Crippen LogP contribution in [-0.4, -0.2) is 24.8 Å². The number of hydrogen-bond donors (Lipinski definition) is 2. The maximum absolute atomic E-state index is 11.5. The summed E-state index contributed by atoms with van der Waals surface area (Å²) in [6, 6.07) is 5.70. The second-order valence-corrected chi connectivity index (χ2v) is 4.90. The molecular weight excluding hydrogens is 236 g/mol. The highest BCUT2D eigenvalue weighted by molar-refractivity contribution is 8.00. The number of amides is 1. The minimum absolute atomic E-state index is 0.00669. The van der Waals surface area contributed by atoms with Crippen LogP contribution in [-0.2, 0) is 4.79 Å². The second kappa shape index (κ2) is 6.39. The number of rotatable bonds is 5. The van der Waals surface area contributed by atoms with Gasteiger partial charge in [-0.3, -0.25) is 4.79 Å². The molecule has 1 aromatic rings. The van der Waals surface area contributed by atoms with Gasteiger partial charge in [-0.1, -0.05) is 6.07 Å². The van der Waals surface area contributed by atoms with Gasteiger partial charge in [0.05, 0.1) is 18.6 Å². The minimum Gasteiger partial charge on any atom is -0.495 e. The fourth-order valence-corrected chi connectivity index (χ4v) is 2.14. The van der Waals surface area contributed by atoms with E-state index < -0.39 is 0 Å². The van der Waals surface area contributed by atoms with Crippen molar-refractivity contribution in [1.29, 1.82) is 0 Å². The summed E-state index contributed by atoms with van der Waals surface area (Å²) in [5.74, 6) is 1.00. The van der Waals surface area contributed by atoms with Gasteiger partial charge in [0.25, 0.3) is 0 Å². The van der Waals surface area contributed by atoms with Crippen LogP contribution in [0.2, 0.25) is 0 Å². The smallest absolute Gasteiger partial charge is 0.230 e. The van der Waals surface area contributed by atoms with E-state index in [1.165, 1.54) is 11.8 Å². The Balaban J connectivity index is 2.60. The van der Waals surface area contributed by atoms with Crippen LogP contribution in [0.1, 0.15) is 13.8 Å². The van der Waals surface area contributed by atoms with Crippen molar-refractivity contribution in [3.05, 3.63) is 18.2 Å². The first-order chi connectivity index (χ1) is 8.04. The highest BCUT2D eigenvalue weighted by atomic mass is 32.2. The third kappa shape index (κ3) is 4.19. The van der Waals surface area contributed by atoms with Crippen LogP contribution in [0.4, 0.5) is 5.69 Å². The third-order valence-electron chi connectivity index (χ3n) is 2.05. The number of nitrogens with one attached hydrogen (secondary N) is 1. The normalized spacial score (nSPS) is 10.4. The van der Waals surface area contributed by atoms with Gasteiger partial charge >= 0.3 is 0 Å². The zero-order valence-corrected chi connectivity index (χ0v) is 11.1. The number of carbonyl (C=O) groups is 1. The molecule has 3 N–H and O–H groups in total. The molecule has 0 aromatic heterocycles. The monoisotopic (exact) mass is 254 g/mol. The largest absolute Gasteiger partial charge is 0.495 e. The molecule has 0 bridgehead atoms. The van der Waals surface area contributed by atoms with E-state index in [1.54, 1.807) is 13.2 Å². The Labute approximate surface area is 106 Å². The van der Waals surface area contributed by atoms with E-state index in [1.807, 2.05) is 26.0 Å². The molecule has 0 fully saturated rings. The van der Waals surface area contributed by atoms with Crippen molar-refractivity contribution in [2.24, 2.45) is 0 Å². The summed E-state index contributed by atoms with van der Waals surface area (Å²) >= 11 is 1.41. The molecule has 0 atom stereocenters. The lowest BCUT2D eigenvalue weighted by Crippen LogP contribution is -2.31. The Bertz CT molecular complexity index is 394. The van der Waals surface area contributed by atoms with Gasteiger partial charge in [0, 0.05) is 10.9 Å². The van der Waals surface area contributed by atoms with Crippen LogP contribution in [0, 0.1) is 0 Å². The first-order valence-corrected chi connectivity index (χ1v) is 6.37. The van der Waals surface area contributed by atoms with E-state index in [4.69, 9.17) is 10.5 Å². The summed E-state index contributed by atoms with van der Waals surface area (Å²) in [7, 11) is 1.58. The van der Waals surface area contributed by atoms with Crippen LogP contribution < -0.4 is 15.8 Å². The Hall–Kier alpha value is -1.36. The van der Waals surface area contributed by atoms with Crippen molar-refractivity contribution < 1.29 is 9.53 Å². The Morgan fingerprint density at radius 1 is 1.53 bits per heavy atom. The Morgan fingerprint density at radius 2 is 2.24 bits per heavy atom. The number of thioether (sulfide) groups is 1. The SMILES string of the molecule is COc1cccc(SCC(=O)NC(C)C)c1N. The first-order valence-electron chi connectivity index (χ1n) is 5.39. The second-order valence-electron chi connectivity index (χ2n) is 3.88. The van der Waals surface area contributed by atoms with Gasteiger partial charge in [-0.15, -0.1) is 11.8 Å². The van der Waals surface area contributed by atoms with Gasteiger partial charge in [0.1, 0.15) is 5.75 Å². The maximum Gasteiger partial charge on any atom is 0.230 e. The lowest BCUT2D eigenvalue weighted by Gasteiger charge is -2.10. The Morgan fingerprint density at radius 3 is 2.82 bits per heavy atom. The minimum atomic E-state index is 0.00669. The van der Waals surface area contributed by atoms with Gasteiger partial charge in [-0.25, -0.2) is 0 Å². The molecule has 5 heteroatoms. The van der Waals surface area contributed by atoms with E-state index in [0.717, 1.165) is 4.90 Å². The lowest BCUT2D eigenvalue weighted by molar-refractivity contribution is -0.119. The van der Waals surface area contributed by atoms with E-state index in [-0.39, 0.29) is 11.9 Å². The predicted octanol–water partition coefficient (Wildman–Crippen LogP) is 1.89. The van der Waals surface area contributed by atoms with E-state index >= 15 is 0 Å². The molecule has 0 spiro atoms. The van der Waals surface area contributed by atoms with E-state index in [2.05, 4.69) is 5.32 Å². The van der Waals surface area contributed by atoms with Crippen LogP contribution in [0.5, 0.6) is 5.75 Å². The van der Waals surface area contributed by atoms with Gasteiger partial charge < -0.3 is 15.8 Å². The highest BCUT2D eigenvalue weighted by Gasteiger charge is 2.08. The molecule has 0 aliphatic rings. The average Bonchev–Trinajstić information content (AvgIpc) is 2.27. The zero-order chi connectivity index (χ0) is 12.8. The van der Waals surface area contributed by atoms with E-state index in [9.17, 15) is 4.79 Å². The third-order valence-corrected chi connectivity index (χ3v) is 3.13. The van der Waals surface area contributed by atoms with Crippen molar-refractivity contribution >= 4 is 23.4 Å². The van der Waals surface area contributed by atoms with Crippen molar-refractivity contribution in [2.75, 3.05) is 18.6 Å². The number of anilines is 1. The summed E-state index contributed by atoms with van der Waals surface area (Å²) in [5.41, 5.74) is 6.48. The predicted molar refractivity (Wildman–Crippen MR) is 71.4 cm³/mol. The van der Waals surface area contributed by atoms with Crippen LogP contribution in [0.3, 0.4) is 0 Å². The van der Waals surface area contributed by atoms with Gasteiger partial charge in [-0.05, 0) is 26.0 Å². The molecule has 0 saturated heterocycles. The fourth-order valence-electron chi connectivity index (χ4n) is 1.33. The number of benzene rings is 1. The molecule has 4 nitrogen and oxygen atoms in total. The molecular formula is C12H18N2O2S. The molecule has 0 radical (unpaired) electrons. The van der Waals surface area contributed by atoms with Gasteiger partial charge in [0.2, 0.25) is 5.91 Å². The molecule has 0 aliphatic heterocycles. The molecule has 0 saturated carbocycles. The summed E-state index contributed by atoms with van der Waals surface area (Å²) < 4.78 is 5.12. The van der Waals surface area contributed by atoms with Crippen LogP contribution >= 0.6 is 11.8 Å². The number of para-hydroxylation sites is 1. The van der Waals surface area contributed by atoms with Gasteiger partial charge in [-0.2, -0.15) is 0 Å². The molecule has 94 valence electrons. The fraction of sp³-hybridized carbons (Fsp3) is 0.417. The van der Waals surface area contributed by atoms with Crippen LogP contribution in [0.25, 0.3) is 0 Å². The molecule has 1 amide bonds. The molecule has 17 heavy (non-hydrogen) atoms. The number of nitrogens with two attached hydrogens (primary N) is 1. The Kier molecular flexibility index (Phi) is 5.15. The quantitative estimate of drug-likeness (QED) is 0.622. The summed E-state index contributed by atoms with van der Waals surface area (Å²) in [6.07, 6.45) is 0. The van der Waals surface area contributed by atoms with Crippen molar-refractivity contribution in [1.82, 2.24) is 5.32 Å². The van der Waals surface area contributed by atoms with Crippen molar-refractivity contribution in [2.45, 2.75) is 24.8 Å². The summed E-state index contributed by atoms with van der Waals surface area (Å²) in [6.45, 7) is 3.87.